The molecular weight excluding hydrogens is 410 g/mol. The number of hydrogen-bond acceptors (Lipinski definition) is 5. The molecule has 0 bridgehead atoms. The normalized spacial score (nSPS) is 14.0. The second kappa shape index (κ2) is 8.89. The second-order valence-electron chi connectivity index (χ2n) is 7.48. The lowest BCUT2D eigenvalue weighted by Gasteiger charge is -2.28. The summed E-state index contributed by atoms with van der Waals surface area (Å²) in [7, 11) is 0. The number of hydrogen-bond donors (Lipinski definition) is 3. The number of nitrogens with one attached hydrogen (secondary N) is 1. The van der Waals surface area contributed by atoms with Gasteiger partial charge < -0.3 is 20.4 Å². The van der Waals surface area contributed by atoms with E-state index in [1.165, 1.54) is 4.90 Å². The molecule has 2 aromatic carbocycles. The Kier molecular flexibility index (Phi) is 5.85. The van der Waals surface area contributed by atoms with E-state index < -0.39 is 29.9 Å². The number of pyridine rings is 1. The Balaban J connectivity index is 1.47. The van der Waals surface area contributed by atoms with Crippen LogP contribution in [0.5, 0.6) is 0 Å². The smallest absolute Gasteiger partial charge is 0.322 e. The van der Waals surface area contributed by atoms with Crippen molar-refractivity contribution in [2.24, 2.45) is 0 Å². The first-order valence-corrected chi connectivity index (χ1v) is 10.1. The summed E-state index contributed by atoms with van der Waals surface area (Å²) in [5, 5.41) is 21.9. The zero-order valence-electron chi connectivity index (χ0n) is 17.1. The van der Waals surface area contributed by atoms with Crippen molar-refractivity contribution in [2.45, 2.75) is 13.0 Å². The van der Waals surface area contributed by atoms with E-state index in [2.05, 4.69) is 16.4 Å². The predicted octanol–water partition coefficient (Wildman–Crippen LogP) is 2.65. The van der Waals surface area contributed by atoms with Gasteiger partial charge in [0.15, 0.2) is 0 Å². The van der Waals surface area contributed by atoms with Gasteiger partial charge in [0, 0.05) is 31.1 Å². The Bertz CT molecular complexity index is 1230. The topological polar surface area (TPSA) is 120 Å². The van der Waals surface area contributed by atoms with E-state index in [0.29, 0.717) is 0 Å². The maximum absolute atomic E-state index is 12.7. The van der Waals surface area contributed by atoms with Gasteiger partial charge in [-0.25, -0.2) is 0 Å². The van der Waals surface area contributed by atoms with E-state index in [4.69, 9.17) is 5.11 Å². The third kappa shape index (κ3) is 4.44. The van der Waals surface area contributed by atoms with Crippen molar-refractivity contribution in [1.82, 2.24) is 15.2 Å². The number of rotatable bonds is 6. The SMILES string of the molecule is O=C(O)CNC(=O)C1=C(O)CCN(Cc2ccc(-c3ccc4ncccc4c3)cc2)C1=O. The highest BCUT2D eigenvalue weighted by molar-refractivity contribution is 6.19. The molecule has 4 rings (SSSR count). The van der Waals surface area contributed by atoms with Gasteiger partial charge >= 0.3 is 5.97 Å². The Morgan fingerprint density at radius 1 is 1.06 bits per heavy atom. The number of nitrogens with zero attached hydrogens (tertiary/aromatic N) is 2. The molecule has 0 spiro atoms. The number of carbonyl (C=O) groups excluding carboxylic acids is 2. The molecule has 3 N–H and O–H groups in total. The lowest BCUT2D eigenvalue weighted by atomic mass is 10.0. The minimum absolute atomic E-state index is 0.130. The number of aliphatic hydroxyl groups excluding tert-OH is 1. The molecule has 0 atom stereocenters. The zero-order chi connectivity index (χ0) is 22.7. The maximum atomic E-state index is 12.7. The van der Waals surface area contributed by atoms with Gasteiger partial charge in [-0.1, -0.05) is 36.4 Å². The first kappa shape index (κ1) is 21.0. The van der Waals surface area contributed by atoms with E-state index in [-0.39, 0.29) is 25.3 Å². The molecule has 0 aliphatic carbocycles. The number of benzene rings is 2. The zero-order valence-corrected chi connectivity index (χ0v) is 17.1. The predicted molar refractivity (Wildman–Crippen MR) is 118 cm³/mol. The number of aliphatic hydroxyl groups is 1. The van der Waals surface area contributed by atoms with Crippen LogP contribution in [0.1, 0.15) is 12.0 Å². The van der Waals surface area contributed by atoms with Gasteiger partial charge in [-0.05, 0) is 34.9 Å². The van der Waals surface area contributed by atoms with Crippen molar-refractivity contribution in [3.63, 3.8) is 0 Å². The first-order chi connectivity index (χ1) is 15.4. The van der Waals surface area contributed by atoms with Gasteiger partial charge in [0.25, 0.3) is 11.8 Å². The van der Waals surface area contributed by atoms with Gasteiger partial charge in [0.05, 0.1) is 5.52 Å². The highest BCUT2D eigenvalue weighted by Gasteiger charge is 2.32. The molecule has 3 aromatic rings. The Morgan fingerprint density at radius 2 is 1.81 bits per heavy atom. The van der Waals surface area contributed by atoms with Crippen LogP contribution in [0, 0.1) is 0 Å². The van der Waals surface area contributed by atoms with Crippen LogP contribution >= 0.6 is 0 Å². The number of carbonyl (C=O) groups is 3. The molecule has 1 aliphatic rings. The van der Waals surface area contributed by atoms with Crippen molar-refractivity contribution in [3.05, 3.63) is 77.7 Å². The summed E-state index contributed by atoms with van der Waals surface area (Å²) in [6.45, 7) is -0.0985. The average Bonchev–Trinajstić information content (AvgIpc) is 2.80. The molecule has 0 fully saturated rings. The van der Waals surface area contributed by atoms with Gasteiger partial charge in [0.2, 0.25) is 0 Å². The highest BCUT2D eigenvalue weighted by atomic mass is 16.4. The molecule has 1 aromatic heterocycles. The minimum atomic E-state index is -1.23. The third-order valence-electron chi connectivity index (χ3n) is 5.30. The number of fused-ring (bicyclic) bond motifs is 1. The number of carboxylic acids is 1. The summed E-state index contributed by atoms with van der Waals surface area (Å²) in [6.07, 6.45) is 1.89. The van der Waals surface area contributed by atoms with Crippen LogP contribution in [0.2, 0.25) is 0 Å². The highest BCUT2D eigenvalue weighted by Crippen LogP contribution is 2.25. The van der Waals surface area contributed by atoms with Crippen LogP contribution in [0.4, 0.5) is 0 Å². The molecule has 32 heavy (non-hydrogen) atoms. The summed E-state index contributed by atoms with van der Waals surface area (Å²) >= 11 is 0. The van der Waals surface area contributed by atoms with Crippen LogP contribution in [0.3, 0.4) is 0 Å². The van der Waals surface area contributed by atoms with E-state index in [1.54, 1.807) is 6.20 Å². The van der Waals surface area contributed by atoms with Crippen LogP contribution < -0.4 is 5.32 Å². The average molecular weight is 431 g/mol. The lowest BCUT2D eigenvalue weighted by Crippen LogP contribution is -2.43. The molecule has 0 radical (unpaired) electrons. The molecule has 2 heterocycles. The van der Waals surface area contributed by atoms with Crippen LogP contribution in [-0.4, -0.2) is 51.0 Å². The Morgan fingerprint density at radius 3 is 2.56 bits per heavy atom. The standard InChI is InChI=1S/C24H21N3O5/c28-20-9-11-27(24(32)22(20)23(31)26-13-21(29)30)14-15-3-5-16(6-4-15)17-7-8-19-18(12-17)2-1-10-25-19/h1-8,10,12,28H,9,11,13-14H2,(H,26,31)(H,29,30). The Hall–Kier alpha value is -4.20. The van der Waals surface area contributed by atoms with Crippen molar-refractivity contribution < 1.29 is 24.6 Å². The monoisotopic (exact) mass is 431 g/mol. The molecule has 0 saturated carbocycles. The van der Waals surface area contributed by atoms with Gasteiger partial charge in [0.1, 0.15) is 17.9 Å². The molecule has 8 heteroatoms. The van der Waals surface area contributed by atoms with E-state index >= 15 is 0 Å². The number of aliphatic carboxylic acids is 1. The fourth-order valence-electron chi connectivity index (χ4n) is 3.65. The molecule has 8 nitrogen and oxygen atoms in total. The van der Waals surface area contributed by atoms with Crippen LogP contribution in [0.15, 0.2) is 72.1 Å². The fraction of sp³-hybridized carbons (Fsp3) is 0.167. The minimum Gasteiger partial charge on any atom is -0.511 e. The Labute approximate surface area is 183 Å². The summed E-state index contributed by atoms with van der Waals surface area (Å²) in [6, 6.07) is 17.7. The molecule has 2 amide bonds. The van der Waals surface area contributed by atoms with Crippen molar-refractivity contribution in [2.75, 3.05) is 13.1 Å². The summed E-state index contributed by atoms with van der Waals surface area (Å²) in [4.78, 5) is 41.4. The van der Waals surface area contributed by atoms with Gasteiger partial charge in [-0.2, -0.15) is 0 Å². The number of carboxylic acid groups (broad SMARTS) is 1. The quantitative estimate of drug-likeness (QED) is 0.516. The van der Waals surface area contributed by atoms with Crippen LogP contribution in [-0.2, 0) is 20.9 Å². The summed E-state index contributed by atoms with van der Waals surface area (Å²) < 4.78 is 0. The van der Waals surface area contributed by atoms with Gasteiger partial charge in [-0.15, -0.1) is 0 Å². The summed E-state index contributed by atoms with van der Waals surface area (Å²) in [5.74, 6) is -3.07. The maximum Gasteiger partial charge on any atom is 0.322 e. The molecule has 0 saturated heterocycles. The van der Waals surface area contributed by atoms with E-state index in [1.807, 2.05) is 48.5 Å². The molecule has 0 unspecified atom stereocenters. The van der Waals surface area contributed by atoms with Crippen molar-refractivity contribution in [1.29, 1.82) is 0 Å². The summed E-state index contributed by atoms with van der Waals surface area (Å²) in [5.41, 5.74) is 3.47. The third-order valence-corrected chi connectivity index (χ3v) is 5.30. The second-order valence-corrected chi connectivity index (χ2v) is 7.48. The van der Waals surface area contributed by atoms with E-state index in [0.717, 1.165) is 27.6 Å². The van der Waals surface area contributed by atoms with Crippen molar-refractivity contribution >= 4 is 28.7 Å². The molecule has 1 aliphatic heterocycles. The van der Waals surface area contributed by atoms with E-state index in [9.17, 15) is 19.5 Å². The molecular formula is C24H21N3O5. The number of aromatic nitrogens is 1. The lowest BCUT2D eigenvalue weighted by molar-refractivity contribution is -0.138. The van der Waals surface area contributed by atoms with Crippen LogP contribution in [0.25, 0.3) is 22.0 Å². The fourth-order valence-corrected chi connectivity index (χ4v) is 3.65. The number of amides is 2. The first-order valence-electron chi connectivity index (χ1n) is 10.1. The van der Waals surface area contributed by atoms with Crippen molar-refractivity contribution in [3.8, 4) is 11.1 Å². The largest absolute Gasteiger partial charge is 0.511 e. The van der Waals surface area contributed by atoms with Gasteiger partial charge in [-0.3, -0.25) is 19.4 Å². The molecule has 162 valence electrons.